The summed E-state index contributed by atoms with van der Waals surface area (Å²) in [5, 5.41) is 12.7. The maximum absolute atomic E-state index is 12.6. The fourth-order valence-corrected chi connectivity index (χ4v) is 3.95. The standard InChI is InChI=1S/C14H18N4OS/c1-13(2)10-14(13,11-4-3-9-20-11)12(19)15-5-7-18-8-6-16-17-18/h3-4,6,8-9H,5,7,10H2,1-2H3,(H,15,19)/t14-/m1/s1. The number of aromatic nitrogens is 3. The van der Waals surface area contributed by atoms with E-state index in [0.29, 0.717) is 13.1 Å². The highest BCUT2D eigenvalue weighted by Gasteiger charge is 2.67. The summed E-state index contributed by atoms with van der Waals surface area (Å²) < 4.78 is 1.72. The number of thiophene rings is 1. The Morgan fingerprint density at radius 1 is 1.55 bits per heavy atom. The first-order valence-corrected chi connectivity index (χ1v) is 7.61. The number of hydrogen-bond donors (Lipinski definition) is 1. The molecule has 0 unspecified atom stereocenters. The molecule has 5 nitrogen and oxygen atoms in total. The van der Waals surface area contributed by atoms with Crippen LogP contribution < -0.4 is 5.32 Å². The van der Waals surface area contributed by atoms with Gasteiger partial charge in [0, 0.05) is 17.6 Å². The molecule has 1 amide bonds. The molecule has 3 rings (SSSR count). The summed E-state index contributed by atoms with van der Waals surface area (Å²) in [7, 11) is 0. The van der Waals surface area contributed by atoms with Gasteiger partial charge in [0.05, 0.1) is 18.2 Å². The smallest absolute Gasteiger partial charge is 0.232 e. The van der Waals surface area contributed by atoms with Crippen LogP contribution in [0.4, 0.5) is 0 Å². The third-order valence-electron chi connectivity index (χ3n) is 4.17. The number of carbonyl (C=O) groups is 1. The van der Waals surface area contributed by atoms with Crippen molar-refractivity contribution in [3.05, 3.63) is 34.8 Å². The number of carbonyl (C=O) groups excluding carboxylic acids is 1. The molecule has 0 aromatic carbocycles. The van der Waals surface area contributed by atoms with Gasteiger partial charge in [-0.05, 0) is 23.3 Å². The summed E-state index contributed by atoms with van der Waals surface area (Å²) >= 11 is 1.67. The number of nitrogens with one attached hydrogen (secondary N) is 1. The van der Waals surface area contributed by atoms with Gasteiger partial charge >= 0.3 is 0 Å². The van der Waals surface area contributed by atoms with Crippen molar-refractivity contribution < 1.29 is 4.79 Å². The summed E-state index contributed by atoms with van der Waals surface area (Å²) in [5.41, 5.74) is -0.307. The summed E-state index contributed by atoms with van der Waals surface area (Å²) in [6.45, 7) is 5.53. The van der Waals surface area contributed by atoms with Crippen molar-refractivity contribution in [2.75, 3.05) is 6.54 Å². The molecule has 2 heterocycles. The molecule has 0 spiro atoms. The lowest BCUT2D eigenvalue weighted by atomic mass is 9.93. The molecule has 1 fully saturated rings. The molecular weight excluding hydrogens is 272 g/mol. The second kappa shape index (κ2) is 4.70. The third kappa shape index (κ3) is 2.04. The van der Waals surface area contributed by atoms with E-state index in [0.717, 1.165) is 6.42 Å². The van der Waals surface area contributed by atoms with E-state index in [-0.39, 0.29) is 16.7 Å². The fourth-order valence-electron chi connectivity index (χ4n) is 2.85. The van der Waals surface area contributed by atoms with Gasteiger partial charge in [0.15, 0.2) is 0 Å². The Balaban J connectivity index is 1.66. The second-order valence-electron chi connectivity index (χ2n) is 5.87. The largest absolute Gasteiger partial charge is 0.353 e. The highest BCUT2D eigenvalue weighted by atomic mass is 32.1. The van der Waals surface area contributed by atoms with Gasteiger partial charge in [-0.15, -0.1) is 16.4 Å². The van der Waals surface area contributed by atoms with E-state index in [1.54, 1.807) is 28.4 Å². The van der Waals surface area contributed by atoms with Crippen LogP contribution in [0.15, 0.2) is 29.9 Å². The Labute approximate surface area is 122 Å². The van der Waals surface area contributed by atoms with Crippen LogP contribution in [-0.2, 0) is 16.8 Å². The van der Waals surface area contributed by atoms with E-state index in [4.69, 9.17) is 0 Å². The Bertz CT molecular complexity index is 591. The quantitative estimate of drug-likeness (QED) is 0.914. The lowest BCUT2D eigenvalue weighted by molar-refractivity contribution is -0.124. The molecule has 0 saturated heterocycles. The van der Waals surface area contributed by atoms with Crippen molar-refractivity contribution >= 4 is 17.2 Å². The topological polar surface area (TPSA) is 59.8 Å². The zero-order valence-corrected chi connectivity index (χ0v) is 12.5. The molecule has 0 aliphatic heterocycles. The molecule has 6 heteroatoms. The van der Waals surface area contributed by atoms with E-state index in [1.807, 2.05) is 11.4 Å². The Morgan fingerprint density at radius 2 is 2.35 bits per heavy atom. The van der Waals surface area contributed by atoms with Crippen LogP contribution in [0.2, 0.25) is 0 Å². The maximum atomic E-state index is 12.6. The van der Waals surface area contributed by atoms with Gasteiger partial charge in [-0.3, -0.25) is 9.48 Å². The molecule has 0 radical (unpaired) electrons. The molecule has 1 aliphatic carbocycles. The fraction of sp³-hybridized carbons (Fsp3) is 0.500. The Kier molecular flexibility index (Phi) is 3.12. The SMILES string of the molecule is CC1(C)C[C@]1(C(=O)NCCn1ccnn1)c1cccs1. The minimum Gasteiger partial charge on any atom is -0.353 e. The molecule has 1 saturated carbocycles. The number of rotatable bonds is 5. The normalized spacial score (nSPS) is 23.5. The molecule has 1 atom stereocenters. The summed E-state index contributed by atoms with van der Waals surface area (Å²) in [4.78, 5) is 13.8. The van der Waals surface area contributed by atoms with Gasteiger partial charge in [0.1, 0.15) is 0 Å². The van der Waals surface area contributed by atoms with E-state index >= 15 is 0 Å². The van der Waals surface area contributed by atoms with Crippen molar-refractivity contribution in [2.24, 2.45) is 5.41 Å². The van der Waals surface area contributed by atoms with Crippen molar-refractivity contribution in [3.63, 3.8) is 0 Å². The van der Waals surface area contributed by atoms with Crippen LogP contribution in [0.25, 0.3) is 0 Å². The van der Waals surface area contributed by atoms with E-state index in [1.165, 1.54) is 4.88 Å². The van der Waals surface area contributed by atoms with Gasteiger partial charge in [-0.1, -0.05) is 25.1 Å². The molecular formula is C14H18N4OS. The first-order valence-electron chi connectivity index (χ1n) is 6.73. The Morgan fingerprint density at radius 3 is 2.90 bits per heavy atom. The highest BCUT2D eigenvalue weighted by Crippen LogP contribution is 2.65. The monoisotopic (exact) mass is 290 g/mol. The number of amides is 1. The minimum absolute atomic E-state index is 0.0369. The first-order chi connectivity index (χ1) is 9.56. The van der Waals surface area contributed by atoms with Crippen LogP contribution in [0.3, 0.4) is 0 Å². The average Bonchev–Trinajstić information content (AvgIpc) is 2.93. The van der Waals surface area contributed by atoms with E-state index in [9.17, 15) is 4.79 Å². The maximum Gasteiger partial charge on any atom is 0.232 e. The number of hydrogen-bond acceptors (Lipinski definition) is 4. The highest BCUT2D eigenvalue weighted by molar-refractivity contribution is 7.10. The van der Waals surface area contributed by atoms with Crippen molar-refractivity contribution in [1.82, 2.24) is 20.3 Å². The molecule has 2 aromatic heterocycles. The van der Waals surface area contributed by atoms with Gasteiger partial charge in [0.2, 0.25) is 5.91 Å². The predicted octanol–water partition coefficient (Wildman–Crippen LogP) is 1.82. The van der Waals surface area contributed by atoms with Crippen LogP contribution in [0.1, 0.15) is 25.1 Å². The Hall–Kier alpha value is -1.69. The van der Waals surface area contributed by atoms with Crippen molar-refractivity contribution in [3.8, 4) is 0 Å². The van der Waals surface area contributed by atoms with Crippen LogP contribution in [0.5, 0.6) is 0 Å². The number of nitrogens with zero attached hydrogens (tertiary/aromatic N) is 3. The summed E-state index contributed by atoms with van der Waals surface area (Å²) in [6, 6.07) is 4.08. The van der Waals surface area contributed by atoms with Crippen molar-refractivity contribution in [1.29, 1.82) is 0 Å². The first kappa shape index (κ1) is 13.3. The van der Waals surface area contributed by atoms with Crippen LogP contribution in [0, 0.1) is 5.41 Å². The van der Waals surface area contributed by atoms with E-state index < -0.39 is 0 Å². The van der Waals surface area contributed by atoms with Gasteiger partial charge in [-0.25, -0.2) is 0 Å². The predicted molar refractivity (Wildman–Crippen MR) is 77.4 cm³/mol. The van der Waals surface area contributed by atoms with Crippen LogP contribution >= 0.6 is 11.3 Å². The lowest BCUT2D eigenvalue weighted by Crippen LogP contribution is -2.38. The molecule has 1 aliphatic rings. The lowest BCUT2D eigenvalue weighted by Gasteiger charge is -2.18. The van der Waals surface area contributed by atoms with Gasteiger partial charge in [-0.2, -0.15) is 0 Å². The zero-order chi connectivity index (χ0) is 14.2. The summed E-state index contributed by atoms with van der Waals surface area (Å²) in [6.07, 6.45) is 4.34. The van der Waals surface area contributed by atoms with Gasteiger partial charge < -0.3 is 5.32 Å². The summed E-state index contributed by atoms with van der Waals surface area (Å²) in [5.74, 6) is 0.130. The third-order valence-corrected chi connectivity index (χ3v) is 5.20. The molecule has 2 aromatic rings. The molecule has 1 N–H and O–H groups in total. The van der Waals surface area contributed by atoms with Crippen LogP contribution in [-0.4, -0.2) is 27.4 Å². The van der Waals surface area contributed by atoms with Gasteiger partial charge in [0.25, 0.3) is 0 Å². The van der Waals surface area contributed by atoms with Crippen molar-refractivity contribution in [2.45, 2.75) is 32.2 Å². The molecule has 0 bridgehead atoms. The molecule has 20 heavy (non-hydrogen) atoms. The van der Waals surface area contributed by atoms with E-state index in [2.05, 4.69) is 35.5 Å². The minimum atomic E-state index is -0.344. The second-order valence-corrected chi connectivity index (χ2v) is 6.81. The zero-order valence-electron chi connectivity index (χ0n) is 11.7. The average molecular weight is 290 g/mol. The molecule has 106 valence electrons.